The van der Waals surface area contributed by atoms with Gasteiger partial charge in [-0.2, -0.15) is 0 Å². The fraction of sp³-hybridized carbons (Fsp3) is 0.111. The van der Waals surface area contributed by atoms with Gasteiger partial charge in [0.1, 0.15) is 5.56 Å². The Morgan fingerprint density at radius 3 is 2.73 bits per heavy atom. The van der Waals surface area contributed by atoms with Crippen molar-refractivity contribution >= 4 is 16.8 Å². The molecule has 0 aliphatic carbocycles. The van der Waals surface area contributed by atoms with Crippen LogP contribution in [0.15, 0.2) is 60.0 Å². The summed E-state index contributed by atoms with van der Waals surface area (Å²) < 4.78 is 3.61. The zero-order chi connectivity index (χ0) is 15.3. The first-order valence-corrected chi connectivity index (χ1v) is 7.23. The summed E-state index contributed by atoms with van der Waals surface area (Å²) >= 11 is 0. The first-order valence-electron chi connectivity index (χ1n) is 7.23. The molecule has 0 fully saturated rings. The normalized spacial score (nSPS) is 12.5. The predicted octanol–water partition coefficient (Wildman–Crippen LogP) is 3.05. The third-order valence-corrected chi connectivity index (χ3v) is 4.15. The van der Waals surface area contributed by atoms with Crippen LogP contribution in [0.1, 0.15) is 16.8 Å². The SMILES string of the molecule is C=CCCn1c2c(c(=O)c3ccccc31)C(=O)n1cccc1-2. The number of aryl methyl sites for hydroxylation is 1. The fourth-order valence-electron chi connectivity index (χ4n) is 3.19. The van der Waals surface area contributed by atoms with E-state index in [1.807, 2.05) is 36.4 Å². The Hall–Kier alpha value is -2.88. The monoisotopic (exact) mass is 290 g/mol. The summed E-state index contributed by atoms with van der Waals surface area (Å²) in [6, 6.07) is 11.2. The molecule has 0 saturated carbocycles. The maximum Gasteiger partial charge on any atom is 0.268 e. The molecular formula is C18H14N2O2. The Kier molecular flexibility index (Phi) is 2.66. The van der Waals surface area contributed by atoms with Crippen LogP contribution in [0.25, 0.3) is 22.3 Å². The van der Waals surface area contributed by atoms with Crippen molar-refractivity contribution in [2.24, 2.45) is 0 Å². The van der Waals surface area contributed by atoms with Crippen molar-refractivity contribution in [3.63, 3.8) is 0 Å². The molecule has 0 N–H and O–H groups in total. The van der Waals surface area contributed by atoms with Crippen LogP contribution in [0.2, 0.25) is 0 Å². The van der Waals surface area contributed by atoms with E-state index in [0.29, 0.717) is 11.9 Å². The lowest BCUT2D eigenvalue weighted by Crippen LogP contribution is -2.20. The molecule has 1 aliphatic rings. The van der Waals surface area contributed by atoms with Gasteiger partial charge in [0.2, 0.25) is 5.43 Å². The fourth-order valence-corrected chi connectivity index (χ4v) is 3.19. The van der Waals surface area contributed by atoms with Gasteiger partial charge in [-0.3, -0.25) is 14.2 Å². The van der Waals surface area contributed by atoms with Gasteiger partial charge in [-0.1, -0.05) is 18.2 Å². The highest BCUT2D eigenvalue weighted by Crippen LogP contribution is 2.33. The third-order valence-electron chi connectivity index (χ3n) is 4.15. The number of carbonyl (C=O) groups is 1. The maximum absolute atomic E-state index is 12.8. The van der Waals surface area contributed by atoms with E-state index in [9.17, 15) is 9.59 Å². The Labute approximate surface area is 126 Å². The molecule has 3 heterocycles. The molecule has 22 heavy (non-hydrogen) atoms. The van der Waals surface area contributed by atoms with Gasteiger partial charge < -0.3 is 4.57 Å². The molecule has 0 saturated heterocycles. The summed E-state index contributed by atoms with van der Waals surface area (Å²) in [6.45, 7) is 4.45. The van der Waals surface area contributed by atoms with Crippen molar-refractivity contribution in [2.75, 3.05) is 0 Å². The molecule has 1 aromatic carbocycles. The number of pyridine rings is 1. The van der Waals surface area contributed by atoms with Crippen LogP contribution in [0.3, 0.4) is 0 Å². The minimum Gasteiger partial charge on any atom is -0.338 e. The molecule has 0 unspecified atom stereocenters. The van der Waals surface area contributed by atoms with Crippen LogP contribution < -0.4 is 5.43 Å². The summed E-state index contributed by atoms with van der Waals surface area (Å²) in [5.74, 6) is -0.238. The third kappa shape index (κ3) is 1.52. The molecule has 4 nitrogen and oxygen atoms in total. The van der Waals surface area contributed by atoms with Gasteiger partial charge in [0.15, 0.2) is 0 Å². The molecule has 0 bridgehead atoms. The van der Waals surface area contributed by atoms with Gasteiger partial charge >= 0.3 is 0 Å². The molecule has 2 aromatic heterocycles. The standard InChI is InChI=1S/C18H14N2O2/c1-2-3-10-19-13-8-5-4-7-12(13)17(21)15-16(19)14-9-6-11-20(14)18(15)22/h2,4-9,11H,1,3,10H2. The summed E-state index contributed by atoms with van der Waals surface area (Å²) in [5.41, 5.74) is 2.45. The second kappa shape index (κ2) is 4.56. The molecule has 0 amide bonds. The second-order valence-corrected chi connectivity index (χ2v) is 5.37. The molecule has 1 aliphatic heterocycles. The molecule has 108 valence electrons. The number of allylic oxidation sites excluding steroid dienone is 1. The number of fused-ring (bicyclic) bond motifs is 4. The highest BCUT2D eigenvalue weighted by Gasteiger charge is 2.32. The zero-order valence-electron chi connectivity index (χ0n) is 12.0. The lowest BCUT2D eigenvalue weighted by molar-refractivity contribution is 0.0968. The number of para-hydroxylation sites is 1. The van der Waals surface area contributed by atoms with E-state index in [4.69, 9.17) is 0 Å². The second-order valence-electron chi connectivity index (χ2n) is 5.37. The lowest BCUT2D eigenvalue weighted by Gasteiger charge is -2.15. The van der Waals surface area contributed by atoms with E-state index < -0.39 is 0 Å². The average molecular weight is 290 g/mol. The van der Waals surface area contributed by atoms with Crippen molar-refractivity contribution in [1.29, 1.82) is 0 Å². The Bertz CT molecular complexity index is 992. The molecule has 4 heteroatoms. The topological polar surface area (TPSA) is 44.0 Å². The van der Waals surface area contributed by atoms with Crippen molar-refractivity contribution in [3.05, 3.63) is 71.0 Å². The van der Waals surface area contributed by atoms with Gasteiger partial charge in [0.05, 0.1) is 16.9 Å². The molecule has 4 rings (SSSR count). The molecule has 0 radical (unpaired) electrons. The van der Waals surface area contributed by atoms with E-state index in [1.54, 1.807) is 16.8 Å². The first-order chi connectivity index (χ1) is 10.7. The van der Waals surface area contributed by atoms with E-state index in [-0.39, 0.29) is 16.9 Å². The smallest absolute Gasteiger partial charge is 0.268 e. The average Bonchev–Trinajstić information content (AvgIpc) is 3.11. The minimum absolute atomic E-state index is 0.186. The number of hydrogen-bond donors (Lipinski definition) is 0. The van der Waals surface area contributed by atoms with Gasteiger partial charge in [0.25, 0.3) is 5.91 Å². The van der Waals surface area contributed by atoms with Crippen molar-refractivity contribution in [3.8, 4) is 11.4 Å². The van der Waals surface area contributed by atoms with Crippen LogP contribution >= 0.6 is 0 Å². The number of aromatic nitrogens is 2. The van der Waals surface area contributed by atoms with Crippen LogP contribution in [0.4, 0.5) is 0 Å². The van der Waals surface area contributed by atoms with Crippen LogP contribution in [-0.4, -0.2) is 15.0 Å². The number of nitrogens with zero attached hydrogens (tertiary/aromatic N) is 2. The Morgan fingerprint density at radius 1 is 1.09 bits per heavy atom. The molecule has 0 atom stereocenters. The highest BCUT2D eigenvalue weighted by atomic mass is 16.2. The molecular weight excluding hydrogens is 276 g/mol. The molecule has 3 aromatic rings. The Morgan fingerprint density at radius 2 is 1.91 bits per heavy atom. The summed E-state index contributed by atoms with van der Waals surface area (Å²) in [6.07, 6.45) is 4.32. The largest absolute Gasteiger partial charge is 0.338 e. The highest BCUT2D eigenvalue weighted by molar-refractivity contribution is 6.10. The first kappa shape index (κ1) is 12.8. The van der Waals surface area contributed by atoms with Crippen molar-refractivity contribution < 1.29 is 4.79 Å². The predicted molar refractivity (Wildman–Crippen MR) is 86.2 cm³/mol. The van der Waals surface area contributed by atoms with Crippen molar-refractivity contribution in [1.82, 2.24) is 9.13 Å². The quantitative estimate of drug-likeness (QED) is 0.544. The zero-order valence-corrected chi connectivity index (χ0v) is 12.0. The summed E-state index contributed by atoms with van der Waals surface area (Å²) in [5, 5.41) is 0.587. The number of carbonyl (C=O) groups excluding carboxylic acids is 1. The van der Waals surface area contributed by atoms with Gasteiger partial charge in [0, 0.05) is 18.1 Å². The van der Waals surface area contributed by atoms with E-state index in [1.165, 1.54) is 0 Å². The Balaban J connectivity index is 2.18. The van der Waals surface area contributed by atoms with E-state index in [0.717, 1.165) is 23.3 Å². The lowest BCUT2D eigenvalue weighted by atomic mass is 10.1. The van der Waals surface area contributed by atoms with Gasteiger partial charge in [-0.05, 0) is 30.7 Å². The number of benzene rings is 1. The van der Waals surface area contributed by atoms with E-state index in [2.05, 4.69) is 11.1 Å². The van der Waals surface area contributed by atoms with Gasteiger partial charge in [-0.15, -0.1) is 6.58 Å². The van der Waals surface area contributed by atoms with Crippen LogP contribution in [0, 0.1) is 0 Å². The van der Waals surface area contributed by atoms with Crippen molar-refractivity contribution in [2.45, 2.75) is 13.0 Å². The van der Waals surface area contributed by atoms with Crippen LogP contribution in [-0.2, 0) is 6.54 Å². The maximum atomic E-state index is 12.8. The summed E-state index contributed by atoms with van der Waals surface area (Å²) in [4.78, 5) is 25.3. The number of hydrogen-bond acceptors (Lipinski definition) is 2. The minimum atomic E-state index is -0.238. The van der Waals surface area contributed by atoms with E-state index >= 15 is 0 Å². The summed E-state index contributed by atoms with van der Waals surface area (Å²) in [7, 11) is 0. The van der Waals surface area contributed by atoms with Crippen LogP contribution in [0.5, 0.6) is 0 Å². The number of rotatable bonds is 3. The molecule has 0 spiro atoms. The van der Waals surface area contributed by atoms with Gasteiger partial charge in [-0.25, -0.2) is 0 Å².